The van der Waals surface area contributed by atoms with Gasteiger partial charge in [0.15, 0.2) is 0 Å². The molecule has 0 bridgehead atoms. The molecule has 6 nitrogen and oxygen atoms in total. The standard InChI is InChI=1S/C24H46O6Si2/c1-9-23(31(25-11-3,26-12-4)27-13-5)21-17-19-22(20-18-21)24(10-2)32(28-14-6,29-15-7)30-16-8/h17-20,23-24H,9-16H2,1-8H3. The average Bonchev–Trinajstić information content (AvgIpc) is 2.77. The maximum absolute atomic E-state index is 6.21. The quantitative estimate of drug-likeness (QED) is 0.243. The molecule has 2 unspecified atom stereocenters. The van der Waals surface area contributed by atoms with Gasteiger partial charge in [-0.3, -0.25) is 0 Å². The van der Waals surface area contributed by atoms with Gasteiger partial charge in [-0.1, -0.05) is 38.1 Å². The topological polar surface area (TPSA) is 55.4 Å². The van der Waals surface area contributed by atoms with Crippen molar-refractivity contribution in [3.63, 3.8) is 0 Å². The lowest BCUT2D eigenvalue weighted by molar-refractivity contribution is 0.0600. The lowest BCUT2D eigenvalue weighted by Crippen LogP contribution is -2.52. The van der Waals surface area contributed by atoms with Gasteiger partial charge in [0.05, 0.1) is 11.1 Å². The lowest BCUT2D eigenvalue weighted by Gasteiger charge is -2.36. The van der Waals surface area contributed by atoms with Crippen molar-refractivity contribution in [2.24, 2.45) is 0 Å². The van der Waals surface area contributed by atoms with Gasteiger partial charge in [0.2, 0.25) is 0 Å². The Labute approximate surface area is 198 Å². The van der Waals surface area contributed by atoms with Crippen molar-refractivity contribution in [1.29, 1.82) is 0 Å². The smallest absolute Gasteiger partial charge is 0.373 e. The minimum Gasteiger partial charge on any atom is -0.373 e. The van der Waals surface area contributed by atoms with E-state index in [4.69, 9.17) is 26.6 Å². The van der Waals surface area contributed by atoms with Gasteiger partial charge in [-0.05, 0) is 65.5 Å². The van der Waals surface area contributed by atoms with Crippen LogP contribution in [-0.4, -0.2) is 57.3 Å². The fraction of sp³-hybridized carbons (Fsp3) is 0.750. The molecule has 0 saturated carbocycles. The Balaban J connectivity index is 3.37. The first-order valence-corrected chi connectivity index (χ1v) is 16.0. The molecular formula is C24H46O6Si2. The van der Waals surface area contributed by atoms with Crippen molar-refractivity contribution in [3.05, 3.63) is 35.4 Å². The van der Waals surface area contributed by atoms with Crippen molar-refractivity contribution in [2.45, 2.75) is 79.3 Å². The van der Waals surface area contributed by atoms with Crippen molar-refractivity contribution in [3.8, 4) is 0 Å². The Hall–Kier alpha value is -0.586. The summed E-state index contributed by atoms with van der Waals surface area (Å²) in [4.78, 5) is 0. The number of benzene rings is 1. The van der Waals surface area contributed by atoms with Gasteiger partial charge in [0, 0.05) is 39.6 Å². The molecule has 0 saturated heterocycles. The molecule has 1 rings (SSSR count). The van der Waals surface area contributed by atoms with E-state index in [1.807, 2.05) is 41.5 Å². The van der Waals surface area contributed by atoms with Crippen LogP contribution < -0.4 is 0 Å². The van der Waals surface area contributed by atoms with Gasteiger partial charge in [0.25, 0.3) is 0 Å². The molecule has 0 aromatic heterocycles. The van der Waals surface area contributed by atoms with Crippen LogP contribution in [0.2, 0.25) is 0 Å². The highest BCUT2D eigenvalue weighted by atomic mass is 28.4. The van der Waals surface area contributed by atoms with Gasteiger partial charge in [0.1, 0.15) is 0 Å². The second kappa shape index (κ2) is 15.3. The summed E-state index contributed by atoms with van der Waals surface area (Å²) >= 11 is 0. The molecule has 186 valence electrons. The molecule has 0 amide bonds. The van der Waals surface area contributed by atoms with Crippen LogP contribution >= 0.6 is 0 Å². The first-order valence-electron chi connectivity index (χ1n) is 12.4. The van der Waals surface area contributed by atoms with Crippen LogP contribution in [0, 0.1) is 0 Å². The normalized spacial score (nSPS) is 14.5. The average molecular weight is 487 g/mol. The summed E-state index contributed by atoms with van der Waals surface area (Å²) in [5.74, 6) is 0. The van der Waals surface area contributed by atoms with Gasteiger partial charge in [-0.25, -0.2) is 0 Å². The van der Waals surface area contributed by atoms with E-state index >= 15 is 0 Å². The summed E-state index contributed by atoms with van der Waals surface area (Å²) in [7, 11) is -5.72. The van der Waals surface area contributed by atoms with Crippen LogP contribution in [-0.2, 0) is 26.6 Å². The van der Waals surface area contributed by atoms with Crippen molar-refractivity contribution < 1.29 is 26.6 Å². The molecule has 1 aromatic rings. The summed E-state index contributed by atoms with van der Waals surface area (Å²) in [6.45, 7) is 19.8. The Kier molecular flexibility index (Phi) is 14.1. The molecule has 32 heavy (non-hydrogen) atoms. The van der Waals surface area contributed by atoms with E-state index in [-0.39, 0.29) is 11.1 Å². The van der Waals surface area contributed by atoms with Gasteiger partial charge >= 0.3 is 17.6 Å². The summed E-state index contributed by atoms with van der Waals surface area (Å²) in [6, 6.07) is 8.75. The highest BCUT2D eigenvalue weighted by Crippen LogP contribution is 2.37. The van der Waals surface area contributed by atoms with E-state index in [1.165, 1.54) is 11.1 Å². The molecular weight excluding hydrogens is 440 g/mol. The molecule has 0 heterocycles. The summed E-state index contributed by atoms with van der Waals surface area (Å²) < 4.78 is 37.2. The van der Waals surface area contributed by atoms with E-state index in [0.29, 0.717) is 39.6 Å². The molecule has 0 aliphatic rings. The van der Waals surface area contributed by atoms with E-state index in [0.717, 1.165) is 12.8 Å². The van der Waals surface area contributed by atoms with E-state index in [1.54, 1.807) is 0 Å². The fourth-order valence-corrected chi connectivity index (χ4v) is 10.7. The zero-order valence-corrected chi connectivity index (χ0v) is 23.6. The number of hydrogen-bond donors (Lipinski definition) is 0. The zero-order valence-electron chi connectivity index (χ0n) is 21.6. The van der Waals surface area contributed by atoms with Gasteiger partial charge < -0.3 is 26.6 Å². The van der Waals surface area contributed by atoms with Crippen LogP contribution in [0.25, 0.3) is 0 Å². The molecule has 8 heteroatoms. The Morgan fingerprint density at radius 1 is 0.469 bits per heavy atom. The molecule has 1 aromatic carbocycles. The van der Waals surface area contributed by atoms with Crippen molar-refractivity contribution >= 4 is 17.6 Å². The molecule has 0 N–H and O–H groups in total. The zero-order chi connectivity index (χ0) is 24.0. The highest BCUT2D eigenvalue weighted by molar-refractivity contribution is 6.63. The van der Waals surface area contributed by atoms with E-state index in [2.05, 4.69) is 38.1 Å². The first kappa shape index (κ1) is 29.4. The predicted octanol–water partition coefficient (Wildman–Crippen LogP) is 5.85. The number of hydrogen-bond acceptors (Lipinski definition) is 6. The Morgan fingerprint density at radius 3 is 0.844 bits per heavy atom. The highest BCUT2D eigenvalue weighted by Gasteiger charge is 2.50. The second-order valence-electron chi connectivity index (χ2n) is 7.39. The maximum Gasteiger partial charge on any atom is 0.508 e. The monoisotopic (exact) mass is 486 g/mol. The Bertz CT molecular complexity index is 526. The van der Waals surface area contributed by atoms with Gasteiger partial charge in [-0.15, -0.1) is 0 Å². The summed E-state index contributed by atoms with van der Waals surface area (Å²) in [5.41, 5.74) is 2.54. The van der Waals surface area contributed by atoms with Gasteiger partial charge in [-0.2, -0.15) is 0 Å². The molecule has 0 spiro atoms. The third-order valence-electron chi connectivity index (χ3n) is 5.48. The molecule has 0 radical (unpaired) electrons. The largest absolute Gasteiger partial charge is 0.508 e. The van der Waals surface area contributed by atoms with Crippen LogP contribution in [0.3, 0.4) is 0 Å². The fourth-order valence-electron chi connectivity index (χ4n) is 4.40. The third-order valence-corrected chi connectivity index (χ3v) is 12.8. The van der Waals surface area contributed by atoms with Crippen molar-refractivity contribution in [2.75, 3.05) is 39.6 Å². The third kappa shape index (κ3) is 7.20. The molecule has 2 atom stereocenters. The van der Waals surface area contributed by atoms with Crippen LogP contribution in [0.1, 0.15) is 90.4 Å². The lowest BCUT2D eigenvalue weighted by atomic mass is 10.0. The van der Waals surface area contributed by atoms with Crippen LogP contribution in [0.4, 0.5) is 0 Å². The minimum absolute atomic E-state index is 0.0872. The summed E-state index contributed by atoms with van der Waals surface area (Å²) in [5, 5.41) is 0. The maximum atomic E-state index is 6.21. The first-order chi connectivity index (χ1) is 15.5. The van der Waals surface area contributed by atoms with Crippen LogP contribution in [0.5, 0.6) is 0 Å². The summed E-state index contributed by atoms with van der Waals surface area (Å²) in [6.07, 6.45) is 1.77. The second-order valence-corrected chi connectivity index (χ2v) is 12.9. The molecule has 0 fully saturated rings. The SMILES string of the molecule is CCO[Si](OCC)(OCC)C(CC)c1ccc(C(CC)[Si](OCC)(OCC)OCC)cc1. The van der Waals surface area contributed by atoms with E-state index < -0.39 is 17.6 Å². The van der Waals surface area contributed by atoms with E-state index in [9.17, 15) is 0 Å². The Morgan fingerprint density at radius 2 is 0.688 bits per heavy atom. The molecule has 0 aliphatic carbocycles. The predicted molar refractivity (Wildman–Crippen MR) is 134 cm³/mol. The van der Waals surface area contributed by atoms with Crippen molar-refractivity contribution in [1.82, 2.24) is 0 Å². The van der Waals surface area contributed by atoms with Crippen LogP contribution in [0.15, 0.2) is 24.3 Å². The molecule has 0 aliphatic heterocycles. The number of rotatable bonds is 18. The minimum atomic E-state index is -2.86.